The number of aromatic nitrogens is 3. The Kier molecular flexibility index (Phi) is 3.45. The number of rotatable bonds is 4. The highest BCUT2D eigenvalue weighted by Crippen LogP contribution is 2.26. The zero-order valence-corrected chi connectivity index (χ0v) is 11.7. The molecule has 0 radical (unpaired) electrons. The molecule has 1 aliphatic heterocycles. The number of carboxylic acids is 1. The molecule has 1 aromatic heterocycles. The van der Waals surface area contributed by atoms with Gasteiger partial charge in [0.1, 0.15) is 0 Å². The van der Waals surface area contributed by atoms with E-state index in [0.29, 0.717) is 24.2 Å². The highest BCUT2D eigenvalue weighted by Gasteiger charge is 2.15. The average molecular weight is 291 g/mol. The van der Waals surface area contributed by atoms with E-state index in [-0.39, 0.29) is 5.75 Å². The standard InChI is InChI=1S/C13H13N3O3S/c1-16-13(20-7-11(17)18)14-12(15-16)8-2-3-9-5-19-6-10(9)4-8/h2-4H,5-7H2,1H3,(H,17,18). The van der Waals surface area contributed by atoms with E-state index in [9.17, 15) is 4.79 Å². The van der Waals surface area contributed by atoms with Gasteiger partial charge in [0, 0.05) is 12.6 Å². The zero-order valence-electron chi connectivity index (χ0n) is 10.9. The smallest absolute Gasteiger partial charge is 0.313 e. The van der Waals surface area contributed by atoms with Crippen molar-refractivity contribution in [2.45, 2.75) is 18.4 Å². The summed E-state index contributed by atoms with van der Waals surface area (Å²) in [5.41, 5.74) is 3.28. The van der Waals surface area contributed by atoms with Crippen LogP contribution in [0.4, 0.5) is 0 Å². The van der Waals surface area contributed by atoms with Gasteiger partial charge in [-0.05, 0) is 17.2 Å². The molecule has 1 N–H and O–H groups in total. The lowest BCUT2D eigenvalue weighted by Crippen LogP contribution is -2.00. The molecular formula is C13H13N3O3S. The molecule has 104 valence electrons. The van der Waals surface area contributed by atoms with Crippen molar-refractivity contribution >= 4 is 17.7 Å². The lowest BCUT2D eigenvalue weighted by Gasteiger charge is -1.99. The Balaban J connectivity index is 1.87. The van der Waals surface area contributed by atoms with Crippen LogP contribution in [0.3, 0.4) is 0 Å². The van der Waals surface area contributed by atoms with Crippen LogP contribution in [0.2, 0.25) is 0 Å². The topological polar surface area (TPSA) is 77.2 Å². The summed E-state index contributed by atoms with van der Waals surface area (Å²) < 4.78 is 6.99. The molecule has 2 heterocycles. The molecule has 0 saturated heterocycles. The summed E-state index contributed by atoms with van der Waals surface area (Å²) in [5.74, 6) is -0.284. The third kappa shape index (κ3) is 2.54. The molecule has 0 atom stereocenters. The van der Waals surface area contributed by atoms with Crippen LogP contribution in [0.5, 0.6) is 0 Å². The number of aliphatic carboxylic acids is 1. The molecule has 0 spiro atoms. The first-order valence-electron chi connectivity index (χ1n) is 6.09. The van der Waals surface area contributed by atoms with E-state index in [1.54, 1.807) is 11.7 Å². The van der Waals surface area contributed by atoms with Crippen LogP contribution in [0, 0.1) is 0 Å². The van der Waals surface area contributed by atoms with Crippen molar-refractivity contribution in [2.75, 3.05) is 5.75 Å². The van der Waals surface area contributed by atoms with Crippen molar-refractivity contribution in [2.24, 2.45) is 7.05 Å². The van der Waals surface area contributed by atoms with Crippen molar-refractivity contribution in [3.05, 3.63) is 29.3 Å². The van der Waals surface area contributed by atoms with Gasteiger partial charge in [0.2, 0.25) is 0 Å². The molecule has 1 aromatic carbocycles. The Morgan fingerprint density at radius 1 is 1.45 bits per heavy atom. The predicted octanol–water partition coefficient (Wildman–Crippen LogP) is 1.69. The molecule has 0 unspecified atom stereocenters. The Morgan fingerprint density at radius 3 is 3.05 bits per heavy atom. The van der Waals surface area contributed by atoms with Crippen LogP contribution in [0.1, 0.15) is 11.1 Å². The van der Waals surface area contributed by atoms with Crippen LogP contribution < -0.4 is 0 Å². The van der Waals surface area contributed by atoms with Crippen molar-refractivity contribution in [1.29, 1.82) is 0 Å². The van der Waals surface area contributed by atoms with Gasteiger partial charge in [-0.3, -0.25) is 4.79 Å². The quantitative estimate of drug-likeness (QED) is 0.864. The molecule has 0 bridgehead atoms. The van der Waals surface area contributed by atoms with Crippen molar-refractivity contribution in [3.8, 4) is 11.4 Å². The highest BCUT2D eigenvalue weighted by atomic mass is 32.2. The third-order valence-electron chi connectivity index (χ3n) is 3.03. The minimum Gasteiger partial charge on any atom is -0.481 e. The summed E-state index contributed by atoms with van der Waals surface area (Å²) in [4.78, 5) is 15.0. The highest BCUT2D eigenvalue weighted by molar-refractivity contribution is 7.99. The van der Waals surface area contributed by atoms with E-state index in [1.807, 2.05) is 18.2 Å². The first-order chi connectivity index (χ1) is 9.63. The number of carbonyl (C=O) groups is 1. The van der Waals surface area contributed by atoms with Crippen LogP contribution in [0.15, 0.2) is 23.4 Å². The molecule has 1 aliphatic rings. The van der Waals surface area contributed by atoms with E-state index < -0.39 is 5.97 Å². The van der Waals surface area contributed by atoms with Gasteiger partial charge < -0.3 is 9.84 Å². The fraction of sp³-hybridized carbons (Fsp3) is 0.308. The average Bonchev–Trinajstić information content (AvgIpc) is 3.01. The maximum absolute atomic E-state index is 10.6. The summed E-state index contributed by atoms with van der Waals surface area (Å²) in [6, 6.07) is 6.02. The minimum atomic E-state index is -0.866. The normalized spacial score (nSPS) is 13.4. The summed E-state index contributed by atoms with van der Waals surface area (Å²) in [5, 5.41) is 13.6. The Morgan fingerprint density at radius 2 is 2.25 bits per heavy atom. The van der Waals surface area contributed by atoms with Gasteiger partial charge in [0.05, 0.1) is 19.0 Å². The van der Waals surface area contributed by atoms with Gasteiger partial charge in [-0.1, -0.05) is 23.9 Å². The van der Waals surface area contributed by atoms with Gasteiger partial charge in [-0.2, -0.15) is 5.10 Å². The zero-order chi connectivity index (χ0) is 14.1. The molecule has 0 aliphatic carbocycles. The number of nitrogens with zero attached hydrogens (tertiary/aromatic N) is 3. The van der Waals surface area contributed by atoms with Gasteiger partial charge >= 0.3 is 5.97 Å². The van der Waals surface area contributed by atoms with E-state index in [1.165, 1.54) is 5.56 Å². The molecule has 6 nitrogen and oxygen atoms in total. The van der Waals surface area contributed by atoms with Gasteiger partial charge in [-0.15, -0.1) is 0 Å². The molecule has 0 amide bonds. The fourth-order valence-corrected chi connectivity index (χ4v) is 2.69. The Labute approximate surface area is 119 Å². The lowest BCUT2D eigenvalue weighted by molar-refractivity contribution is -0.133. The lowest BCUT2D eigenvalue weighted by atomic mass is 10.1. The minimum absolute atomic E-state index is 0.0238. The number of aryl methyl sites for hydroxylation is 1. The van der Waals surface area contributed by atoms with Crippen molar-refractivity contribution in [3.63, 3.8) is 0 Å². The van der Waals surface area contributed by atoms with Crippen LogP contribution in [-0.2, 0) is 29.8 Å². The second kappa shape index (κ2) is 5.26. The van der Waals surface area contributed by atoms with E-state index >= 15 is 0 Å². The van der Waals surface area contributed by atoms with E-state index in [0.717, 1.165) is 22.9 Å². The largest absolute Gasteiger partial charge is 0.481 e. The number of hydrogen-bond donors (Lipinski definition) is 1. The first-order valence-corrected chi connectivity index (χ1v) is 7.07. The number of fused-ring (bicyclic) bond motifs is 1. The number of carboxylic acid groups (broad SMARTS) is 1. The predicted molar refractivity (Wildman–Crippen MR) is 73.3 cm³/mol. The Bertz CT molecular complexity index is 669. The molecule has 2 aromatic rings. The van der Waals surface area contributed by atoms with Crippen LogP contribution in [-0.4, -0.2) is 31.6 Å². The molecule has 7 heteroatoms. The van der Waals surface area contributed by atoms with Crippen LogP contribution >= 0.6 is 11.8 Å². The summed E-state index contributed by atoms with van der Waals surface area (Å²) in [6.07, 6.45) is 0. The first kappa shape index (κ1) is 13.1. The number of benzene rings is 1. The second-order valence-corrected chi connectivity index (χ2v) is 5.44. The van der Waals surface area contributed by atoms with E-state index in [4.69, 9.17) is 9.84 Å². The summed E-state index contributed by atoms with van der Waals surface area (Å²) in [7, 11) is 1.76. The molecule has 0 fully saturated rings. The SMILES string of the molecule is Cn1nc(-c2ccc3c(c2)COC3)nc1SCC(=O)O. The van der Waals surface area contributed by atoms with Crippen molar-refractivity contribution in [1.82, 2.24) is 14.8 Å². The van der Waals surface area contributed by atoms with Crippen molar-refractivity contribution < 1.29 is 14.6 Å². The number of thioether (sulfide) groups is 1. The maximum atomic E-state index is 10.6. The molecule has 20 heavy (non-hydrogen) atoms. The van der Waals surface area contributed by atoms with Gasteiger partial charge in [0.25, 0.3) is 0 Å². The Hall–Kier alpha value is -1.86. The number of ether oxygens (including phenoxy) is 1. The summed E-state index contributed by atoms with van der Waals surface area (Å²) in [6.45, 7) is 1.28. The second-order valence-electron chi connectivity index (χ2n) is 4.50. The van der Waals surface area contributed by atoms with Gasteiger partial charge in [-0.25, -0.2) is 9.67 Å². The fourth-order valence-electron chi connectivity index (χ4n) is 2.06. The molecule has 3 rings (SSSR count). The van der Waals surface area contributed by atoms with Crippen LogP contribution in [0.25, 0.3) is 11.4 Å². The van der Waals surface area contributed by atoms with Gasteiger partial charge in [0.15, 0.2) is 11.0 Å². The van der Waals surface area contributed by atoms with E-state index in [2.05, 4.69) is 10.1 Å². The maximum Gasteiger partial charge on any atom is 0.313 e. The third-order valence-corrected chi connectivity index (χ3v) is 4.03. The summed E-state index contributed by atoms with van der Waals surface area (Å²) >= 11 is 1.16. The molecule has 0 saturated carbocycles. The number of hydrogen-bond acceptors (Lipinski definition) is 5. The monoisotopic (exact) mass is 291 g/mol. The molecular weight excluding hydrogens is 278 g/mol.